The lowest BCUT2D eigenvalue weighted by Gasteiger charge is -2.38. The summed E-state index contributed by atoms with van der Waals surface area (Å²) < 4.78 is 0. The predicted molar refractivity (Wildman–Crippen MR) is 78.0 cm³/mol. The van der Waals surface area contributed by atoms with E-state index >= 15 is 0 Å². The van der Waals surface area contributed by atoms with Crippen LogP contribution in [-0.4, -0.2) is 58.1 Å². The molecule has 2 rings (SSSR count). The first kappa shape index (κ1) is 14.5. The van der Waals surface area contributed by atoms with E-state index in [1.165, 1.54) is 0 Å². The zero-order valence-corrected chi connectivity index (χ0v) is 12.0. The van der Waals surface area contributed by atoms with Crippen molar-refractivity contribution in [2.24, 2.45) is 10.9 Å². The van der Waals surface area contributed by atoms with Crippen molar-refractivity contribution < 1.29 is 5.21 Å². The van der Waals surface area contributed by atoms with Crippen LogP contribution >= 0.6 is 0 Å². The van der Waals surface area contributed by atoms with E-state index in [0.717, 1.165) is 44.2 Å². The Hall–Kier alpha value is -1.89. The van der Waals surface area contributed by atoms with E-state index in [1.54, 1.807) is 6.20 Å². The molecule has 110 valence electrons. The van der Waals surface area contributed by atoms with Crippen LogP contribution in [0.2, 0.25) is 0 Å². The third kappa shape index (κ3) is 3.16. The minimum Gasteiger partial charge on any atom is -0.409 e. The topological polar surface area (TPSA) is 90.9 Å². The van der Waals surface area contributed by atoms with Gasteiger partial charge < -0.3 is 15.8 Å². The SMILES string of the molecule is CCC(C(N)=NO)N1CCN(c2ccnc(C)n2)CC1. The largest absolute Gasteiger partial charge is 0.409 e. The van der Waals surface area contributed by atoms with Crippen LogP contribution in [0.15, 0.2) is 17.4 Å². The van der Waals surface area contributed by atoms with E-state index in [-0.39, 0.29) is 6.04 Å². The molecule has 0 aromatic carbocycles. The second kappa shape index (κ2) is 6.51. The second-order valence-corrected chi connectivity index (χ2v) is 4.93. The molecular weight excluding hydrogens is 256 g/mol. The summed E-state index contributed by atoms with van der Waals surface area (Å²) in [4.78, 5) is 13.1. The maximum Gasteiger partial charge on any atom is 0.156 e. The highest BCUT2D eigenvalue weighted by atomic mass is 16.4. The molecule has 0 saturated carbocycles. The molecule has 3 N–H and O–H groups in total. The lowest BCUT2D eigenvalue weighted by Crippen LogP contribution is -2.54. The smallest absolute Gasteiger partial charge is 0.156 e. The molecule has 0 amide bonds. The summed E-state index contributed by atoms with van der Waals surface area (Å²) in [6.45, 7) is 7.45. The first-order chi connectivity index (χ1) is 9.65. The Kier molecular flexibility index (Phi) is 4.73. The van der Waals surface area contributed by atoms with Gasteiger partial charge in [0, 0.05) is 32.4 Å². The Labute approximate surface area is 119 Å². The highest BCUT2D eigenvalue weighted by Crippen LogP contribution is 2.15. The third-order valence-electron chi connectivity index (χ3n) is 3.68. The maximum absolute atomic E-state index is 8.84. The van der Waals surface area contributed by atoms with Crippen molar-refractivity contribution >= 4 is 11.7 Å². The minimum absolute atomic E-state index is 0.00860. The van der Waals surface area contributed by atoms with Gasteiger partial charge in [0.05, 0.1) is 6.04 Å². The second-order valence-electron chi connectivity index (χ2n) is 4.93. The first-order valence-electron chi connectivity index (χ1n) is 6.91. The zero-order chi connectivity index (χ0) is 14.5. The van der Waals surface area contributed by atoms with Crippen molar-refractivity contribution in [2.45, 2.75) is 26.3 Å². The van der Waals surface area contributed by atoms with E-state index in [2.05, 4.69) is 24.9 Å². The maximum atomic E-state index is 8.84. The minimum atomic E-state index is 0.00860. The van der Waals surface area contributed by atoms with E-state index < -0.39 is 0 Å². The Bertz CT molecular complexity index is 470. The number of hydrogen-bond donors (Lipinski definition) is 2. The van der Waals surface area contributed by atoms with Crippen molar-refractivity contribution in [2.75, 3.05) is 31.1 Å². The summed E-state index contributed by atoms with van der Waals surface area (Å²) in [7, 11) is 0. The number of amidine groups is 1. The number of anilines is 1. The summed E-state index contributed by atoms with van der Waals surface area (Å²) in [5, 5.41) is 12.0. The number of aromatic nitrogens is 2. The molecule has 1 saturated heterocycles. The molecule has 0 radical (unpaired) electrons. The molecule has 1 aliphatic rings. The molecule has 7 nitrogen and oxygen atoms in total. The molecule has 1 unspecified atom stereocenters. The molecule has 0 aliphatic carbocycles. The summed E-state index contributed by atoms with van der Waals surface area (Å²) in [6, 6.07) is 1.94. The molecule has 20 heavy (non-hydrogen) atoms. The fourth-order valence-corrected chi connectivity index (χ4v) is 2.60. The molecular formula is C13H22N6O. The van der Waals surface area contributed by atoms with Gasteiger partial charge in [-0.2, -0.15) is 0 Å². The van der Waals surface area contributed by atoms with Crippen LogP contribution in [0, 0.1) is 6.92 Å². The number of oxime groups is 1. The van der Waals surface area contributed by atoms with Crippen LogP contribution in [0.25, 0.3) is 0 Å². The number of aryl methyl sites for hydroxylation is 1. The molecule has 0 spiro atoms. The predicted octanol–water partition coefficient (Wildman–Crippen LogP) is 0.432. The Morgan fingerprint density at radius 3 is 2.70 bits per heavy atom. The Morgan fingerprint density at radius 1 is 1.45 bits per heavy atom. The van der Waals surface area contributed by atoms with E-state index in [1.807, 2.05) is 19.9 Å². The lowest BCUT2D eigenvalue weighted by atomic mass is 10.1. The standard InChI is InChI=1S/C13H22N6O/c1-3-11(13(14)17-20)18-6-8-19(9-7-18)12-4-5-15-10(2)16-12/h4-5,11,20H,3,6-9H2,1-2H3,(H2,14,17). The molecule has 1 fully saturated rings. The summed E-state index contributed by atoms with van der Waals surface area (Å²) in [5.41, 5.74) is 5.75. The molecule has 0 bridgehead atoms. The van der Waals surface area contributed by atoms with Crippen LogP contribution in [0.4, 0.5) is 5.82 Å². The molecule has 1 aromatic rings. The van der Waals surface area contributed by atoms with Crippen molar-refractivity contribution in [1.82, 2.24) is 14.9 Å². The number of piperazine rings is 1. The molecule has 1 aromatic heterocycles. The zero-order valence-electron chi connectivity index (χ0n) is 12.0. The van der Waals surface area contributed by atoms with Crippen LogP contribution < -0.4 is 10.6 Å². The van der Waals surface area contributed by atoms with Gasteiger partial charge in [-0.05, 0) is 19.4 Å². The van der Waals surface area contributed by atoms with Gasteiger partial charge in [0.25, 0.3) is 0 Å². The van der Waals surface area contributed by atoms with Crippen molar-refractivity contribution in [3.05, 3.63) is 18.1 Å². The number of nitrogens with two attached hydrogens (primary N) is 1. The third-order valence-corrected chi connectivity index (χ3v) is 3.68. The van der Waals surface area contributed by atoms with Crippen molar-refractivity contribution in [3.63, 3.8) is 0 Å². The van der Waals surface area contributed by atoms with E-state index in [9.17, 15) is 0 Å². The Balaban J connectivity index is 1.98. The van der Waals surface area contributed by atoms with Crippen LogP contribution in [0.1, 0.15) is 19.2 Å². The van der Waals surface area contributed by atoms with Gasteiger partial charge in [0.15, 0.2) is 5.84 Å². The average molecular weight is 278 g/mol. The summed E-state index contributed by atoms with van der Waals surface area (Å²) >= 11 is 0. The fraction of sp³-hybridized carbons (Fsp3) is 0.615. The number of nitrogens with zero attached hydrogens (tertiary/aromatic N) is 5. The molecule has 1 atom stereocenters. The molecule has 7 heteroatoms. The average Bonchev–Trinajstić information content (AvgIpc) is 2.48. The highest BCUT2D eigenvalue weighted by Gasteiger charge is 2.25. The normalized spacial score (nSPS) is 19.1. The van der Waals surface area contributed by atoms with Gasteiger partial charge in [0.2, 0.25) is 0 Å². The van der Waals surface area contributed by atoms with Gasteiger partial charge in [0.1, 0.15) is 11.6 Å². The number of rotatable bonds is 4. The van der Waals surface area contributed by atoms with Crippen molar-refractivity contribution in [1.29, 1.82) is 0 Å². The van der Waals surface area contributed by atoms with E-state index in [4.69, 9.17) is 10.9 Å². The van der Waals surface area contributed by atoms with Gasteiger partial charge in [-0.1, -0.05) is 12.1 Å². The van der Waals surface area contributed by atoms with Crippen LogP contribution in [-0.2, 0) is 0 Å². The van der Waals surface area contributed by atoms with Crippen LogP contribution in [0.3, 0.4) is 0 Å². The van der Waals surface area contributed by atoms with Gasteiger partial charge >= 0.3 is 0 Å². The first-order valence-corrected chi connectivity index (χ1v) is 6.91. The lowest BCUT2D eigenvalue weighted by molar-refractivity contribution is 0.215. The van der Waals surface area contributed by atoms with Crippen molar-refractivity contribution in [3.8, 4) is 0 Å². The van der Waals surface area contributed by atoms with Gasteiger partial charge in [-0.15, -0.1) is 0 Å². The Morgan fingerprint density at radius 2 is 2.15 bits per heavy atom. The molecule has 2 heterocycles. The summed E-state index contributed by atoms with van der Waals surface area (Å²) in [5.74, 6) is 2.04. The van der Waals surface area contributed by atoms with Gasteiger partial charge in [-0.25, -0.2) is 9.97 Å². The van der Waals surface area contributed by atoms with E-state index in [0.29, 0.717) is 5.84 Å². The van der Waals surface area contributed by atoms with Gasteiger partial charge in [-0.3, -0.25) is 4.90 Å². The quantitative estimate of drug-likeness (QED) is 0.359. The highest BCUT2D eigenvalue weighted by molar-refractivity contribution is 5.85. The van der Waals surface area contributed by atoms with Crippen LogP contribution in [0.5, 0.6) is 0 Å². The fourth-order valence-electron chi connectivity index (χ4n) is 2.60. The molecule has 1 aliphatic heterocycles. The monoisotopic (exact) mass is 278 g/mol. The summed E-state index contributed by atoms with van der Waals surface area (Å²) in [6.07, 6.45) is 2.62. The number of hydrogen-bond acceptors (Lipinski definition) is 6.